The normalized spacial score (nSPS) is 14.5. The van der Waals surface area contributed by atoms with E-state index in [1.165, 1.54) is 12.5 Å². The molecule has 0 spiro atoms. The summed E-state index contributed by atoms with van der Waals surface area (Å²) >= 11 is 0. The zero-order chi connectivity index (χ0) is 19.9. The summed E-state index contributed by atoms with van der Waals surface area (Å²) in [5, 5.41) is 5.78. The van der Waals surface area contributed by atoms with Crippen LogP contribution < -0.4 is 10.6 Å². The first-order valence-electron chi connectivity index (χ1n) is 9.49. The molecule has 1 fully saturated rings. The van der Waals surface area contributed by atoms with Crippen molar-refractivity contribution in [2.75, 3.05) is 19.6 Å². The van der Waals surface area contributed by atoms with E-state index < -0.39 is 0 Å². The van der Waals surface area contributed by atoms with Crippen LogP contribution in [0.25, 0.3) is 0 Å². The first-order valence-corrected chi connectivity index (χ1v) is 9.49. The molecule has 2 heterocycles. The maximum absolute atomic E-state index is 12.4. The Hall–Kier alpha value is -3.09. The van der Waals surface area contributed by atoms with E-state index in [9.17, 15) is 14.4 Å². The average molecular weight is 383 g/mol. The van der Waals surface area contributed by atoms with E-state index in [0.717, 1.165) is 18.4 Å². The molecule has 3 rings (SSSR count). The second-order valence-corrected chi connectivity index (χ2v) is 6.96. The fraction of sp³-hybridized carbons (Fsp3) is 0.381. The van der Waals surface area contributed by atoms with Crippen LogP contribution in [0.15, 0.2) is 47.3 Å². The van der Waals surface area contributed by atoms with Gasteiger partial charge in [-0.15, -0.1) is 0 Å². The van der Waals surface area contributed by atoms with E-state index in [1.54, 1.807) is 11.0 Å². The van der Waals surface area contributed by atoms with Crippen LogP contribution in [0.5, 0.6) is 0 Å². The van der Waals surface area contributed by atoms with Gasteiger partial charge in [-0.25, -0.2) is 0 Å². The van der Waals surface area contributed by atoms with Gasteiger partial charge in [0.05, 0.1) is 11.8 Å². The minimum atomic E-state index is -0.251. The Kier molecular flexibility index (Phi) is 6.47. The number of nitrogens with one attached hydrogen (secondary N) is 2. The second kappa shape index (κ2) is 9.21. The number of furan rings is 1. The highest BCUT2D eigenvalue weighted by Gasteiger charge is 2.24. The van der Waals surface area contributed by atoms with Crippen molar-refractivity contribution in [3.63, 3.8) is 0 Å². The van der Waals surface area contributed by atoms with Crippen LogP contribution in [0, 0.1) is 6.92 Å². The molecule has 0 aliphatic carbocycles. The van der Waals surface area contributed by atoms with Gasteiger partial charge in [0.15, 0.2) is 0 Å². The molecule has 0 saturated carbocycles. The molecule has 1 aromatic heterocycles. The van der Waals surface area contributed by atoms with Gasteiger partial charge >= 0.3 is 0 Å². The molecule has 2 N–H and O–H groups in total. The number of nitrogens with zero attached hydrogens (tertiary/aromatic N) is 1. The van der Waals surface area contributed by atoms with E-state index in [4.69, 9.17) is 4.42 Å². The number of piperidine rings is 1. The zero-order valence-corrected chi connectivity index (χ0v) is 15.9. The number of carbonyl (C=O) groups is 3. The molecule has 1 aliphatic heterocycles. The van der Waals surface area contributed by atoms with Crippen molar-refractivity contribution in [3.05, 3.63) is 59.5 Å². The van der Waals surface area contributed by atoms with Crippen molar-refractivity contribution in [3.8, 4) is 0 Å². The molecule has 0 unspecified atom stereocenters. The van der Waals surface area contributed by atoms with Gasteiger partial charge in [-0.2, -0.15) is 0 Å². The summed E-state index contributed by atoms with van der Waals surface area (Å²) in [6, 6.07) is 9.15. The Morgan fingerprint density at radius 1 is 1.11 bits per heavy atom. The number of hydrogen-bond acceptors (Lipinski definition) is 4. The minimum Gasteiger partial charge on any atom is -0.472 e. The van der Waals surface area contributed by atoms with Gasteiger partial charge in [0.1, 0.15) is 6.26 Å². The molecule has 0 bridgehead atoms. The molecule has 2 aromatic rings. The maximum Gasteiger partial charge on any atom is 0.254 e. The third-order valence-electron chi connectivity index (χ3n) is 4.98. The number of rotatable bonds is 6. The van der Waals surface area contributed by atoms with E-state index in [2.05, 4.69) is 10.6 Å². The van der Waals surface area contributed by atoms with Crippen molar-refractivity contribution in [2.24, 2.45) is 0 Å². The summed E-state index contributed by atoms with van der Waals surface area (Å²) in [6.45, 7) is 3.41. The van der Waals surface area contributed by atoms with Crippen molar-refractivity contribution in [2.45, 2.75) is 32.2 Å². The SMILES string of the molecule is Cc1ccccc1C(=O)NC1CCN(C(=O)CCNC(=O)c2ccoc2)CC1. The largest absolute Gasteiger partial charge is 0.472 e. The van der Waals surface area contributed by atoms with Gasteiger partial charge < -0.3 is 20.0 Å². The molecule has 0 radical (unpaired) electrons. The summed E-state index contributed by atoms with van der Waals surface area (Å²) in [5.41, 5.74) is 2.08. The fourth-order valence-corrected chi connectivity index (χ4v) is 3.30. The number of carbonyl (C=O) groups excluding carboxylic acids is 3. The Bertz CT molecular complexity index is 824. The van der Waals surface area contributed by atoms with E-state index in [1.807, 2.05) is 31.2 Å². The minimum absolute atomic E-state index is 0.0103. The fourth-order valence-electron chi connectivity index (χ4n) is 3.30. The molecule has 1 aliphatic rings. The van der Waals surface area contributed by atoms with Crippen molar-refractivity contribution in [1.82, 2.24) is 15.5 Å². The summed E-state index contributed by atoms with van der Waals surface area (Å²) in [5.74, 6) is -0.305. The van der Waals surface area contributed by atoms with Crippen LogP contribution >= 0.6 is 0 Å². The summed E-state index contributed by atoms with van der Waals surface area (Å²) in [6.07, 6.45) is 4.51. The Morgan fingerprint density at radius 3 is 2.54 bits per heavy atom. The number of aryl methyl sites for hydroxylation is 1. The molecule has 7 nitrogen and oxygen atoms in total. The van der Waals surface area contributed by atoms with Gasteiger partial charge in [0.25, 0.3) is 11.8 Å². The quantitative estimate of drug-likeness (QED) is 0.799. The standard InChI is InChI=1S/C21H25N3O4/c1-15-4-2-3-5-18(15)21(27)23-17-7-11-24(12-8-17)19(25)6-10-22-20(26)16-9-13-28-14-16/h2-5,9,13-14,17H,6-8,10-12H2,1H3,(H,22,26)(H,23,27). The molecular formula is C21H25N3O4. The molecule has 0 atom stereocenters. The molecule has 28 heavy (non-hydrogen) atoms. The molecular weight excluding hydrogens is 358 g/mol. The van der Waals surface area contributed by atoms with Gasteiger partial charge in [-0.05, 0) is 37.5 Å². The molecule has 1 saturated heterocycles. The molecule has 7 heteroatoms. The number of benzene rings is 1. The highest BCUT2D eigenvalue weighted by Crippen LogP contribution is 2.13. The first kappa shape index (κ1) is 19.7. The molecule has 148 valence electrons. The molecule has 1 aromatic carbocycles. The lowest BCUT2D eigenvalue weighted by atomic mass is 10.0. The van der Waals surface area contributed by atoms with Crippen molar-refractivity contribution in [1.29, 1.82) is 0 Å². The monoisotopic (exact) mass is 383 g/mol. The van der Waals surface area contributed by atoms with E-state index in [-0.39, 0.29) is 36.7 Å². The van der Waals surface area contributed by atoms with Crippen LogP contribution in [0.3, 0.4) is 0 Å². The Labute approximate surface area is 164 Å². The lowest BCUT2D eigenvalue weighted by molar-refractivity contribution is -0.132. The maximum atomic E-state index is 12.4. The predicted octanol–water partition coefficient (Wildman–Crippen LogP) is 2.13. The second-order valence-electron chi connectivity index (χ2n) is 6.96. The van der Waals surface area contributed by atoms with Crippen LogP contribution in [-0.4, -0.2) is 48.3 Å². The van der Waals surface area contributed by atoms with Crippen molar-refractivity contribution >= 4 is 17.7 Å². The van der Waals surface area contributed by atoms with E-state index in [0.29, 0.717) is 24.2 Å². The highest BCUT2D eigenvalue weighted by atomic mass is 16.3. The number of likely N-dealkylation sites (tertiary alicyclic amines) is 1. The van der Waals surface area contributed by atoms with E-state index >= 15 is 0 Å². The van der Waals surface area contributed by atoms with Crippen LogP contribution in [0.2, 0.25) is 0 Å². The van der Waals surface area contributed by atoms with Gasteiger partial charge in [-0.1, -0.05) is 18.2 Å². The summed E-state index contributed by atoms with van der Waals surface area (Å²) in [4.78, 5) is 38.3. The van der Waals surface area contributed by atoms with Crippen LogP contribution in [0.1, 0.15) is 45.5 Å². The number of amides is 3. The predicted molar refractivity (Wildman–Crippen MR) is 104 cm³/mol. The van der Waals surface area contributed by atoms with Crippen LogP contribution in [0.4, 0.5) is 0 Å². The third kappa shape index (κ3) is 5.00. The number of hydrogen-bond donors (Lipinski definition) is 2. The average Bonchev–Trinajstić information content (AvgIpc) is 3.23. The van der Waals surface area contributed by atoms with Gasteiger partial charge in [0.2, 0.25) is 5.91 Å². The van der Waals surface area contributed by atoms with Gasteiger partial charge in [-0.3, -0.25) is 14.4 Å². The highest BCUT2D eigenvalue weighted by molar-refractivity contribution is 5.95. The summed E-state index contributed by atoms with van der Waals surface area (Å²) in [7, 11) is 0. The topological polar surface area (TPSA) is 91.7 Å². The first-order chi connectivity index (χ1) is 13.5. The van der Waals surface area contributed by atoms with Gasteiger partial charge in [0, 0.05) is 37.7 Å². The van der Waals surface area contributed by atoms with Crippen LogP contribution in [-0.2, 0) is 4.79 Å². The lowest BCUT2D eigenvalue weighted by Crippen LogP contribution is -2.47. The zero-order valence-electron chi connectivity index (χ0n) is 15.9. The van der Waals surface area contributed by atoms with Crippen molar-refractivity contribution < 1.29 is 18.8 Å². The Morgan fingerprint density at radius 2 is 1.86 bits per heavy atom. The summed E-state index contributed by atoms with van der Waals surface area (Å²) < 4.78 is 4.86. The Balaban J connectivity index is 1.38. The third-order valence-corrected chi connectivity index (χ3v) is 4.98. The molecule has 3 amide bonds. The smallest absolute Gasteiger partial charge is 0.254 e. The lowest BCUT2D eigenvalue weighted by Gasteiger charge is -2.32.